The normalized spacial score (nSPS) is 17.8. The van der Waals surface area contributed by atoms with E-state index >= 15 is 0 Å². The van der Waals surface area contributed by atoms with Crippen LogP contribution < -0.4 is 10.6 Å². The number of carbonyl (C=O) groups excluding carboxylic acids is 1. The average Bonchev–Trinajstić information content (AvgIpc) is 3.06. The maximum atomic E-state index is 12.7. The van der Waals surface area contributed by atoms with Gasteiger partial charge in [0.1, 0.15) is 11.9 Å². The highest BCUT2D eigenvalue weighted by molar-refractivity contribution is 5.79. The van der Waals surface area contributed by atoms with Gasteiger partial charge in [-0.3, -0.25) is 4.79 Å². The lowest BCUT2D eigenvalue weighted by molar-refractivity contribution is -0.137. The van der Waals surface area contributed by atoms with Crippen LogP contribution >= 0.6 is 0 Å². The molecule has 0 bridgehead atoms. The van der Waals surface area contributed by atoms with Gasteiger partial charge >= 0.3 is 6.18 Å². The Bertz CT molecular complexity index is 684. The zero-order valence-electron chi connectivity index (χ0n) is 14.7. The van der Waals surface area contributed by atoms with Gasteiger partial charge in [0.2, 0.25) is 5.91 Å². The average molecular weight is 369 g/mol. The topological polar surface area (TPSA) is 81.1 Å². The van der Waals surface area contributed by atoms with Gasteiger partial charge in [0.25, 0.3) is 0 Å². The summed E-state index contributed by atoms with van der Waals surface area (Å²) in [5.74, 6) is -0.0376. The molecule has 1 atom stereocenters. The number of hydrogen-bond donors (Lipinski definition) is 2. The first-order valence-electron chi connectivity index (χ1n) is 8.34. The molecule has 1 aliphatic heterocycles. The first kappa shape index (κ1) is 20.0. The van der Waals surface area contributed by atoms with Crippen molar-refractivity contribution in [2.45, 2.75) is 44.4 Å². The molecule has 0 unspecified atom stereocenters. The lowest BCUT2D eigenvalue weighted by atomic mass is 10.1. The molecule has 9 heteroatoms. The Balaban J connectivity index is 1.87. The Morgan fingerprint density at radius 3 is 2.85 bits per heavy atom. The summed E-state index contributed by atoms with van der Waals surface area (Å²) < 4.78 is 38.2. The number of hydrogen-bond acceptors (Lipinski definition) is 5. The maximum Gasteiger partial charge on any atom is 0.416 e. The Labute approximate surface area is 150 Å². The molecule has 1 saturated heterocycles. The van der Waals surface area contributed by atoms with Crippen LogP contribution in [-0.2, 0) is 11.0 Å². The molecular weight excluding hydrogens is 347 g/mol. The molecular formula is C17H22F3N5O. The highest BCUT2D eigenvalue weighted by Gasteiger charge is 2.31. The minimum atomic E-state index is -4.42. The molecule has 0 spiro atoms. The van der Waals surface area contributed by atoms with Crippen molar-refractivity contribution >= 4 is 11.7 Å². The molecule has 1 aromatic heterocycles. The third-order valence-electron chi connectivity index (χ3n) is 4.24. The van der Waals surface area contributed by atoms with E-state index in [1.54, 1.807) is 4.90 Å². The molecule has 1 aromatic rings. The van der Waals surface area contributed by atoms with E-state index in [0.29, 0.717) is 13.0 Å². The lowest BCUT2D eigenvalue weighted by Gasteiger charge is -2.28. The highest BCUT2D eigenvalue weighted by atomic mass is 19.4. The van der Waals surface area contributed by atoms with Gasteiger partial charge in [-0.15, -0.1) is 0 Å². The van der Waals surface area contributed by atoms with E-state index in [2.05, 4.69) is 21.7 Å². The fourth-order valence-electron chi connectivity index (χ4n) is 2.69. The van der Waals surface area contributed by atoms with Crippen molar-refractivity contribution in [3.05, 3.63) is 23.9 Å². The predicted molar refractivity (Wildman–Crippen MR) is 90.2 cm³/mol. The monoisotopic (exact) mass is 369 g/mol. The minimum absolute atomic E-state index is 0.0584. The zero-order chi connectivity index (χ0) is 19.4. The number of aromatic nitrogens is 1. The molecule has 0 saturated carbocycles. The quantitative estimate of drug-likeness (QED) is 0.805. The number of pyridine rings is 1. The maximum absolute atomic E-state index is 12.7. The summed E-state index contributed by atoms with van der Waals surface area (Å²) in [6, 6.07) is 3.60. The molecule has 26 heavy (non-hydrogen) atoms. The fourth-order valence-corrected chi connectivity index (χ4v) is 2.69. The van der Waals surface area contributed by atoms with Gasteiger partial charge in [0.15, 0.2) is 0 Å². The summed E-state index contributed by atoms with van der Waals surface area (Å²) in [5, 5.41) is 15.0. The van der Waals surface area contributed by atoms with Gasteiger partial charge in [-0.2, -0.15) is 18.4 Å². The van der Waals surface area contributed by atoms with Crippen LogP contribution in [0.3, 0.4) is 0 Å². The second kappa shape index (κ2) is 7.91. The van der Waals surface area contributed by atoms with E-state index < -0.39 is 17.3 Å². The van der Waals surface area contributed by atoms with Gasteiger partial charge in [0.05, 0.1) is 18.2 Å². The van der Waals surface area contributed by atoms with Crippen LogP contribution in [0.4, 0.5) is 19.0 Å². The van der Waals surface area contributed by atoms with Crippen molar-refractivity contribution in [3.8, 4) is 6.07 Å². The smallest absolute Gasteiger partial charge is 0.368 e. The van der Waals surface area contributed by atoms with E-state index in [9.17, 15) is 18.0 Å². The van der Waals surface area contributed by atoms with Gasteiger partial charge in [-0.05, 0) is 38.8 Å². The number of carbonyl (C=O) groups is 1. The Kier molecular flexibility index (Phi) is 6.08. The van der Waals surface area contributed by atoms with Crippen molar-refractivity contribution in [3.63, 3.8) is 0 Å². The van der Waals surface area contributed by atoms with E-state index in [4.69, 9.17) is 5.26 Å². The summed E-state index contributed by atoms with van der Waals surface area (Å²) in [6.07, 6.45) is -1.82. The van der Waals surface area contributed by atoms with Crippen LogP contribution in [0.5, 0.6) is 0 Å². The largest absolute Gasteiger partial charge is 0.416 e. The molecule has 2 rings (SSSR count). The van der Waals surface area contributed by atoms with Crippen LogP contribution in [0.15, 0.2) is 18.3 Å². The number of likely N-dealkylation sites (tertiary alicyclic amines) is 1. The van der Waals surface area contributed by atoms with Crippen molar-refractivity contribution < 1.29 is 18.0 Å². The zero-order valence-corrected chi connectivity index (χ0v) is 14.7. The number of alkyl halides is 3. The number of nitrogens with zero attached hydrogens (tertiary/aromatic N) is 3. The van der Waals surface area contributed by atoms with Crippen LogP contribution in [0.2, 0.25) is 0 Å². The Hall–Kier alpha value is -2.34. The number of anilines is 1. The molecule has 1 fully saturated rings. The van der Waals surface area contributed by atoms with E-state index in [1.165, 1.54) is 0 Å². The molecule has 0 aromatic carbocycles. The summed E-state index contributed by atoms with van der Waals surface area (Å²) in [7, 11) is 0. The van der Waals surface area contributed by atoms with Crippen molar-refractivity contribution in [1.29, 1.82) is 5.26 Å². The molecule has 1 aliphatic rings. The van der Waals surface area contributed by atoms with Gasteiger partial charge in [0, 0.05) is 24.8 Å². The molecule has 0 aliphatic carbocycles. The van der Waals surface area contributed by atoms with Gasteiger partial charge in [-0.25, -0.2) is 4.98 Å². The predicted octanol–water partition coefficient (Wildman–Crippen LogP) is 2.40. The van der Waals surface area contributed by atoms with E-state index in [1.807, 2.05) is 13.8 Å². The second-order valence-corrected chi connectivity index (χ2v) is 6.89. The SMILES string of the molecule is CC(C)(CNc1cc(C(F)(F)F)ccn1)NCC(=O)N1CCC[C@H]1C#N. The fraction of sp³-hybridized carbons (Fsp3) is 0.588. The standard InChI is InChI=1S/C17H22F3N5O/c1-16(2,24-10-15(26)25-7-3-4-13(25)9-21)11-23-14-8-12(5-6-22-14)17(18,19)20/h5-6,8,13,24H,3-4,7,10-11H2,1-2H3,(H,22,23)/t13-/m0/s1. The lowest BCUT2D eigenvalue weighted by Crippen LogP contribution is -2.50. The number of rotatable bonds is 6. The van der Waals surface area contributed by atoms with E-state index in [0.717, 1.165) is 24.8 Å². The summed E-state index contributed by atoms with van der Waals surface area (Å²) in [4.78, 5) is 17.7. The van der Waals surface area contributed by atoms with Crippen molar-refractivity contribution in [2.75, 3.05) is 25.0 Å². The summed E-state index contributed by atoms with van der Waals surface area (Å²) in [6.45, 7) is 4.56. The number of amides is 1. The number of nitrogens with one attached hydrogen (secondary N) is 2. The number of halogens is 3. The molecule has 142 valence electrons. The molecule has 6 nitrogen and oxygen atoms in total. The third kappa shape index (κ3) is 5.33. The molecule has 1 amide bonds. The number of nitriles is 1. The van der Waals surface area contributed by atoms with Crippen LogP contribution in [0.1, 0.15) is 32.3 Å². The van der Waals surface area contributed by atoms with Gasteiger partial charge < -0.3 is 15.5 Å². The molecule has 2 N–H and O–H groups in total. The second-order valence-electron chi connectivity index (χ2n) is 6.89. The van der Waals surface area contributed by atoms with Crippen molar-refractivity contribution in [2.24, 2.45) is 0 Å². The van der Waals surface area contributed by atoms with Crippen LogP contribution in [0, 0.1) is 11.3 Å². The van der Waals surface area contributed by atoms with Crippen LogP contribution in [-0.4, -0.2) is 47.0 Å². The Morgan fingerprint density at radius 1 is 1.46 bits per heavy atom. The van der Waals surface area contributed by atoms with Gasteiger partial charge in [-0.1, -0.05) is 0 Å². The van der Waals surface area contributed by atoms with Crippen LogP contribution in [0.25, 0.3) is 0 Å². The molecule has 2 heterocycles. The third-order valence-corrected chi connectivity index (χ3v) is 4.24. The van der Waals surface area contributed by atoms with E-state index in [-0.39, 0.29) is 30.9 Å². The first-order valence-corrected chi connectivity index (χ1v) is 8.34. The van der Waals surface area contributed by atoms with Crippen molar-refractivity contribution in [1.82, 2.24) is 15.2 Å². The Morgan fingerprint density at radius 2 is 2.19 bits per heavy atom. The highest BCUT2D eigenvalue weighted by Crippen LogP contribution is 2.29. The summed E-state index contributed by atoms with van der Waals surface area (Å²) in [5.41, 5.74) is -1.33. The minimum Gasteiger partial charge on any atom is -0.368 e. The molecule has 0 radical (unpaired) electrons. The summed E-state index contributed by atoms with van der Waals surface area (Å²) >= 11 is 0. The first-order chi connectivity index (χ1) is 12.1.